The summed E-state index contributed by atoms with van der Waals surface area (Å²) in [5.41, 5.74) is 2.18. The first-order chi connectivity index (χ1) is 9.29. The van der Waals surface area contributed by atoms with Gasteiger partial charge in [0.15, 0.2) is 9.84 Å². The van der Waals surface area contributed by atoms with Crippen LogP contribution in [0.25, 0.3) is 0 Å². The summed E-state index contributed by atoms with van der Waals surface area (Å²) in [6.45, 7) is 6.49. The van der Waals surface area contributed by atoms with Gasteiger partial charge >= 0.3 is 0 Å². The molecule has 0 heterocycles. The van der Waals surface area contributed by atoms with Gasteiger partial charge in [0.2, 0.25) is 0 Å². The van der Waals surface area contributed by atoms with Gasteiger partial charge in [-0.15, -0.1) is 0 Å². The normalized spacial score (nSPS) is 14.8. The molecule has 1 rings (SSSR count). The highest BCUT2D eigenvalue weighted by atomic mass is 32.2. The van der Waals surface area contributed by atoms with E-state index >= 15 is 0 Å². The maximum Gasteiger partial charge on any atom is 0.151 e. The van der Waals surface area contributed by atoms with Gasteiger partial charge in [0.25, 0.3) is 0 Å². The zero-order valence-corrected chi connectivity index (χ0v) is 13.8. The minimum Gasteiger partial charge on any atom is -0.496 e. The number of likely N-dealkylation sites (N-methyl/N-ethyl adjacent to an activating group) is 1. The molecule has 2 atom stereocenters. The number of ether oxygens (including phenoxy) is 1. The minimum absolute atomic E-state index is 0.120. The Morgan fingerprint density at radius 2 is 2.00 bits per heavy atom. The fourth-order valence-electron chi connectivity index (χ4n) is 2.27. The van der Waals surface area contributed by atoms with Crippen molar-refractivity contribution < 1.29 is 13.2 Å². The summed E-state index contributed by atoms with van der Waals surface area (Å²) in [5, 5.41) is 2.84. The number of nitrogens with one attached hydrogen (secondary N) is 1. The van der Waals surface area contributed by atoms with E-state index in [2.05, 4.69) is 11.4 Å². The molecule has 0 radical (unpaired) electrons. The summed E-state index contributed by atoms with van der Waals surface area (Å²) in [4.78, 5) is 0. The van der Waals surface area contributed by atoms with Crippen molar-refractivity contribution in [2.24, 2.45) is 0 Å². The van der Waals surface area contributed by atoms with Crippen LogP contribution in [0.3, 0.4) is 0 Å². The molecule has 0 amide bonds. The molecule has 0 bridgehead atoms. The molecule has 114 valence electrons. The van der Waals surface area contributed by atoms with Gasteiger partial charge in [-0.3, -0.25) is 0 Å². The van der Waals surface area contributed by atoms with Gasteiger partial charge in [-0.1, -0.05) is 24.6 Å². The van der Waals surface area contributed by atoms with Gasteiger partial charge in [0, 0.05) is 12.3 Å². The molecule has 1 N–H and O–H groups in total. The molecular weight excluding hydrogens is 274 g/mol. The van der Waals surface area contributed by atoms with E-state index in [-0.39, 0.29) is 6.04 Å². The monoisotopic (exact) mass is 299 g/mol. The van der Waals surface area contributed by atoms with E-state index in [4.69, 9.17) is 4.74 Å². The predicted molar refractivity (Wildman–Crippen MR) is 83.2 cm³/mol. The van der Waals surface area contributed by atoms with Crippen LogP contribution in [0.5, 0.6) is 5.75 Å². The van der Waals surface area contributed by atoms with Gasteiger partial charge in [-0.2, -0.15) is 0 Å². The highest BCUT2D eigenvalue weighted by Crippen LogP contribution is 2.23. The standard InChI is InChI=1S/C15H25NO3S/c1-6-16-14(12(3)20(5,17)18)10-13-9-11(2)7-8-15(13)19-4/h7-9,12,14,16H,6,10H2,1-5H3. The molecule has 0 aliphatic heterocycles. The zero-order valence-electron chi connectivity index (χ0n) is 12.9. The lowest BCUT2D eigenvalue weighted by Gasteiger charge is -2.24. The highest BCUT2D eigenvalue weighted by Gasteiger charge is 2.26. The van der Waals surface area contributed by atoms with Crippen LogP contribution in [-0.2, 0) is 16.3 Å². The van der Waals surface area contributed by atoms with E-state index in [0.717, 1.165) is 23.4 Å². The van der Waals surface area contributed by atoms with E-state index in [1.54, 1.807) is 14.0 Å². The summed E-state index contributed by atoms with van der Waals surface area (Å²) >= 11 is 0. The van der Waals surface area contributed by atoms with E-state index in [0.29, 0.717) is 6.42 Å². The third kappa shape index (κ3) is 4.49. The second-order valence-corrected chi connectivity index (χ2v) is 7.62. The van der Waals surface area contributed by atoms with Crippen LogP contribution in [0.2, 0.25) is 0 Å². The van der Waals surface area contributed by atoms with E-state index in [1.165, 1.54) is 6.26 Å². The smallest absolute Gasteiger partial charge is 0.151 e. The lowest BCUT2D eigenvalue weighted by molar-refractivity contribution is 0.403. The van der Waals surface area contributed by atoms with Crippen LogP contribution in [0.1, 0.15) is 25.0 Å². The topological polar surface area (TPSA) is 55.4 Å². The van der Waals surface area contributed by atoms with Crippen LogP contribution in [0.4, 0.5) is 0 Å². The Kier molecular flexibility index (Phi) is 6.02. The van der Waals surface area contributed by atoms with E-state index < -0.39 is 15.1 Å². The first kappa shape index (κ1) is 17.0. The van der Waals surface area contributed by atoms with Crippen molar-refractivity contribution in [1.29, 1.82) is 0 Å². The van der Waals surface area contributed by atoms with Crippen molar-refractivity contribution in [1.82, 2.24) is 5.32 Å². The second kappa shape index (κ2) is 7.09. The van der Waals surface area contributed by atoms with Crippen molar-refractivity contribution in [3.05, 3.63) is 29.3 Å². The third-order valence-corrected chi connectivity index (χ3v) is 5.26. The first-order valence-corrected chi connectivity index (χ1v) is 8.80. The fourth-order valence-corrected chi connectivity index (χ4v) is 3.06. The Morgan fingerprint density at radius 3 is 2.50 bits per heavy atom. The maximum absolute atomic E-state index is 11.8. The molecule has 5 heteroatoms. The lowest BCUT2D eigenvalue weighted by Crippen LogP contribution is -2.43. The molecule has 0 spiro atoms. The molecule has 4 nitrogen and oxygen atoms in total. The average Bonchev–Trinajstić information content (AvgIpc) is 2.36. The summed E-state index contributed by atoms with van der Waals surface area (Å²) in [7, 11) is -1.44. The summed E-state index contributed by atoms with van der Waals surface area (Å²) in [6.07, 6.45) is 1.92. The number of aryl methyl sites for hydroxylation is 1. The Morgan fingerprint density at radius 1 is 1.35 bits per heavy atom. The number of hydrogen-bond donors (Lipinski definition) is 1. The number of benzene rings is 1. The molecule has 20 heavy (non-hydrogen) atoms. The van der Waals surface area contributed by atoms with E-state index in [1.807, 2.05) is 26.0 Å². The fraction of sp³-hybridized carbons (Fsp3) is 0.600. The van der Waals surface area contributed by atoms with Crippen LogP contribution < -0.4 is 10.1 Å². The quantitative estimate of drug-likeness (QED) is 0.836. The third-order valence-electron chi connectivity index (χ3n) is 3.58. The lowest BCUT2D eigenvalue weighted by atomic mass is 10.0. The molecule has 0 aliphatic rings. The number of methoxy groups -OCH3 is 1. The zero-order chi connectivity index (χ0) is 15.3. The molecule has 1 aromatic rings. The Balaban J connectivity index is 3.04. The maximum atomic E-state index is 11.8. The van der Waals surface area contributed by atoms with Gasteiger partial charge in [0.05, 0.1) is 12.4 Å². The number of hydrogen-bond acceptors (Lipinski definition) is 4. The Bertz CT molecular complexity index is 540. The summed E-state index contributed by atoms with van der Waals surface area (Å²) < 4.78 is 28.9. The Hall–Kier alpha value is -1.07. The molecule has 2 unspecified atom stereocenters. The molecule has 0 aliphatic carbocycles. The van der Waals surface area contributed by atoms with Crippen molar-refractivity contribution in [2.75, 3.05) is 19.9 Å². The second-order valence-electron chi connectivity index (χ2n) is 5.22. The van der Waals surface area contributed by atoms with Crippen LogP contribution in [0, 0.1) is 6.92 Å². The van der Waals surface area contributed by atoms with Crippen molar-refractivity contribution in [3.8, 4) is 5.75 Å². The van der Waals surface area contributed by atoms with Crippen LogP contribution >= 0.6 is 0 Å². The molecule has 0 fully saturated rings. The van der Waals surface area contributed by atoms with Gasteiger partial charge < -0.3 is 10.1 Å². The molecule has 0 saturated heterocycles. The number of rotatable bonds is 7. The first-order valence-electron chi connectivity index (χ1n) is 6.85. The minimum atomic E-state index is -3.08. The van der Waals surface area contributed by atoms with Crippen LogP contribution in [0.15, 0.2) is 18.2 Å². The van der Waals surface area contributed by atoms with E-state index in [9.17, 15) is 8.42 Å². The van der Waals surface area contributed by atoms with Crippen molar-refractivity contribution in [2.45, 2.75) is 38.5 Å². The van der Waals surface area contributed by atoms with Crippen molar-refractivity contribution in [3.63, 3.8) is 0 Å². The SMILES string of the molecule is CCNC(Cc1cc(C)ccc1OC)C(C)S(C)(=O)=O. The summed E-state index contributed by atoms with van der Waals surface area (Å²) in [6, 6.07) is 5.85. The molecule has 0 aromatic heterocycles. The Labute approximate surface area is 122 Å². The van der Waals surface area contributed by atoms with Gasteiger partial charge in [0.1, 0.15) is 5.75 Å². The highest BCUT2D eigenvalue weighted by molar-refractivity contribution is 7.91. The number of sulfone groups is 1. The van der Waals surface area contributed by atoms with Crippen LogP contribution in [-0.4, -0.2) is 39.6 Å². The summed E-state index contributed by atoms with van der Waals surface area (Å²) in [5.74, 6) is 0.805. The molecule has 0 saturated carbocycles. The van der Waals surface area contributed by atoms with Gasteiger partial charge in [-0.25, -0.2) is 8.42 Å². The average molecular weight is 299 g/mol. The largest absolute Gasteiger partial charge is 0.496 e. The van der Waals surface area contributed by atoms with Gasteiger partial charge in [-0.05, 0) is 38.4 Å². The van der Waals surface area contributed by atoms with Crippen molar-refractivity contribution >= 4 is 9.84 Å². The molecule has 1 aromatic carbocycles. The molecular formula is C15H25NO3S. The predicted octanol–water partition coefficient (Wildman–Crippen LogP) is 1.96.